The SMILES string of the molecule is CCC(CCCN(C)CC1CCC1)(NC1CC1)C(=O)O. The lowest BCUT2D eigenvalue weighted by molar-refractivity contribution is -0.145. The van der Waals surface area contributed by atoms with Crippen molar-refractivity contribution in [1.29, 1.82) is 0 Å². The molecule has 2 aliphatic carbocycles. The second-order valence-corrected chi connectivity index (χ2v) is 6.82. The van der Waals surface area contributed by atoms with Crippen LogP contribution in [0.5, 0.6) is 0 Å². The zero-order valence-corrected chi connectivity index (χ0v) is 13.0. The first-order valence-electron chi connectivity index (χ1n) is 8.25. The molecule has 0 bridgehead atoms. The predicted octanol–water partition coefficient (Wildman–Crippen LogP) is 2.48. The molecule has 4 heteroatoms. The highest BCUT2D eigenvalue weighted by Gasteiger charge is 2.40. The van der Waals surface area contributed by atoms with Gasteiger partial charge in [0.1, 0.15) is 5.54 Å². The Morgan fingerprint density at radius 3 is 2.50 bits per heavy atom. The Balaban J connectivity index is 1.73. The van der Waals surface area contributed by atoms with E-state index in [4.69, 9.17) is 0 Å². The first-order chi connectivity index (χ1) is 9.55. The van der Waals surface area contributed by atoms with E-state index >= 15 is 0 Å². The fourth-order valence-corrected chi connectivity index (χ4v) is 3.15. The van der Waals surface area contributed by atoms with E-state index in [1.54, 1.807) is 0 Å². The lowest BCUT2D eigenvalue weighted by Crippen LogP contribution is -2.53. The quantitative estimate of drug-likeness (QED) is 0.646. The number of nitrogens with one attached hydrogen (secondary N) is 1. The fourth-order valence-electron chi connectivity index (χ4n) is 3.15. The van der Waals surface area contributed by atoms with Crippen LogP contribution < -0.4 is 5.32 Å². The number of nitrogens with zero attached hydrogens (tertiary/aromatic N) is 1. The lowest BCUT2D eigenvalue weighted by Gasteiger charge is -2.32. The van der Waals surface area contributed by atoms with Crippen LogP contribution in [-0.2, 0) is 4.79 Å². The molecule has 2 rings (SSSR count). The molecule has 116 valence electrons. The molecule has 2 aliphatic rings. The number of carbonyl (C=O) groups is 1. The summed E-state index contributed by atoms with van der Waals surface area (Å²) in [4.78, 5) is 14.0. The number of hydrogen-bond acceptors (Lipinski definition) is 3. The summed E-state index contributed by atoms with van der Waals surface area (Å²) < 4.78 is 0. The Hall–Kier alpha value is -0.610. The largest absolute Gasteiger partial charge is 0.480 e. The zero-order chi connectivity index (χ0) is 14.6. The standard InChI is InChI=1S/C16H30N2O2/c1-3-16(15(19)20,17-14-8-9-14)10-5-11-18(2)12-13-6-4-7-13/h13-14,17H,3-12H2,1-2H3,(H,19,20). The molecule has 20 heavy (non-hydrogen) atoms. The highest BCUT2D eigenvalue weighted by molar-refractivity contribution is 5.78. The van der Waals surface area contributed by atoms with Crippen LogP contribution in [0.15, 0.2) is 0 Å². The summed E-state index contributed by atoms with van der Waals surface area (Å²) in [7, 11) is 2.17. The molecule has 0 amide bonds. The van der Waals surface area contributed by atoms with Gasteiger partial charge in [-0.1, -0.05) is 13.3 Å². The maximum absolute atomic E-state index is 11.6. The molecule has 0 spiro atoms. The minimum Gasteiger partial charge on any atom is -0.480 e. The molecular weight excluding hydrogens is 252 g/mol. The maximum Gasteiger partial charge on any atom is 0.323 e. The van der Waals surface area contributed by atoms with E-state index in [1.165, 1.54) is 25.8 Å². The fraction of sp³-hybridized carbons (Fsp3) is 0.938. The van der Waals surface area contributed by atoms with Gasteiger partial charge in [0.15, 0.2) is 0 Å². The molecule has 1 unspecified atom stereocenters. The van der Waals surface area contributed by atoms with Gasteiger partial charge in [0.2, 0.25) is 0 Å². The second kappa shape index (κ2) is 6.90. The molecule has 0 aromatic rings. The van der Waals surface area contributed by atoms with Crippen LogP contribution in [0.3, 0.4) is 0 Å². The molecule has 0 aromatic heterocycles. The van der Waals surface area contributed by atoms with Crippen molar-refractivity contribution in [3.05, 3.63) is 0 Å². The van der Waals surface area contributed by atoms with Crippen LogP contribution in [-0.4, -0.2) is 47.7 Å². The highest BCUT2D eigenvalue weighted by Crippen LogP contribution is 2.28. The average Bonchev–Trinajstić information content (AvgIpc) is 3.16. The van der Waals surface area contributed by atoms with Crippen molar-refractivity contribution in [3.63, 3.8) is 0 Å². The smallest absolute Gasteiger partial charge is 0.323 e. The summed E-state index contributed by atoms with van der Waals surface area (Å²) in [5, 5.41) is 13.0. The van der Waals surface area contributed by atoms with Gasteiger partial charge < -0.3 is 10.0 Å². The summed E-state index contributed by atoms with van der Waals surface area (Å²) >= 11 is 0. The van der Waals surface area contributed by atoms with Crippen LogP contribution in [0.2, 0.25) is 0 Å². The van der Waals surface area contributed by atoms with Gasteiger partial charge in [-0.15, -0.1) is 0 Å². The van der Waals surface area contributed by atoms with E-state index in [1.807, 2.05) is 6.92 Å². The summed E-state index contributed by atoms with van der Waals surface area (Å²) in [6, 6.07) is 0.443. The van der Waals surface area contributed by atoms with Crippen LogP contribution in [0.25, 0.3) is 0 Å². The average molecular weight is 282 g/mol. The van der Waals surface area contributed by atoms with Gasteiger partial charge in [-0.3, -0.25) is 10.1 Å². The number of aliphatic carboxylic acids is 1. The molecule has 0 aliphatic heterocycles. The third-order valence-electron chi connectivity index (χ3n) is 5.01. The van der Waals surface area contributed by atoms with Gasteiger partial charge in [-0.05, 0) is 64.5 Å². The van der Waals surface area contributed by atoms with Gasteiger partial charge in [0.25, 0.3) is 0 Å². The van der Waals surface area contributed by atoms with Crippen molar-refractivity contribution in [2.45, 2.75) is 69.9 Å². The Bertz CT molecular complexity index is 326. The van der Waals surface area contributed by atoms with Gasteiger partial charge in [-0.2, -0.15) is 0 Å². The number of carboxylic acids is 1. The van der Waals surface area contributed by atoms with Crippen molar-refractivity contribution in [3.8, 4) is 0 Å². The third-order valence-corrected chi connectivity index (χ3v) is 5.01. The normalized spacial score (nSPS) is 22.6. The Morgan fingerprint density at radius 2 is 2.05 bits per heavy atom. The molecule has 4 nitrogen and oxygen atoms in total. The van der Waals surface area contributed by atoms with Crippen molar-refractivity contribution >= 4 is 5.97 Å². The summed E-state index contributed by atoms with van der Waals surface area (Å²) in [5.74, 6) is 0.216. The Kier molecular flexibility index (Phi) is 5.44. The number of rotatable bonds is 10. The van der Waals surface area contributed by atoms with Crippen LogP contribution in [0.4, 0.5) is 0 Å². The third kappa shape index (κ3) is 4.19. The molecule has 0 heterocycles. The van der Waals surface area contributed by atoms with E-state index in [9.17, 15) is 9.90 Å². The first kappa shape index (κ1) is 15.8. The molecular formula is C16H30N2O2. The molecule has 0 aromatic carbocycles. The van der Waals surface area contributed by atoms with Crippen LogP contribution >= 0.6 is 0 Å². The van der Waals surface area contributed by atoms with Gasteiger partial charge in [-0.25, -0.2) is 0 Å². The summed E-state index contributed by atoms with van der Waals surface area (Å²) in [6.07, 6.45) is 8.79. The molecule has 0 radical (unpaired) electrons. The van der Waals surface area contributed by atoms with Crippen molar-refractivity contribution in [2.24, 2.45) is 5.92 Å². The minimum atomic E-state index is -0.696. The topological polar surface area (TPSA) is 52.6 Å². The van der Waals surface area contributed by atoms with Crippen molar-refractivity contribution in [1.82, 2.24) is 10.2 Å². The molecule has 1 atom stereocenters. The van der Waals surface area contributed by atoms with E-state index in [0.717, 1.165) is 38.1 Å². The highest BCUT2D eigenvalue weighted by atomic mass is 16.4. The lowest BCUT2D eigenvalue weighted by atomic mass is 9.85. The van der Waals surface area contributed by atoms with E-state index < -0.39 is 11.5 Å². The summed E-state index contributed by atoms with van der Waals surface area (Å²) in [6.45, 7) is 4.18. The van der Waals surface area contributed by atoms with Crippen LogP contribution in [0, 0.1) is 5.92 Å². The molecule has 2 fully saturated rings. The van der Waals surface area contributed by atoms with Crippen molar-refractivity contribution in [2.75, 3.05) is 20.1 Å². The van der Waals surface area contributed by atoms with E-state index in [0.29, 0.717) is 12.5 Å². The number of hydrogen-bond donors (Lipinski definition) is 2. The molecule has 2 saturated carbocycles. The van der Waals surface area contributed by atoms with E-state index in [2.05, 4.69) is 17.3 Å². The molecule has 2 N–H and O–H groups in total. The minimum absolute atomic E-state index is 0.443. The van der Waals surface area contributed by atoms with E-state index in [-0.39, 0.29) is 0 Å². The Morgan fingerprint density at radius 1 is 1.35 bits per heavy atom. The van der Waals surface area contributed by atoms with Gasteiger partial charge in [0.05, 0.1) is 0 Å². The first-order valence-corrected chi connectivity index (χ1v) is 8.25. The Labute approximate surface area is 122 Å². The predicted molar refractivity (Wildman–Crippen MR) is 80.9 cm³/mol. The molecule has 0 saturated heterocycles. The maximum atomic E-state index is 11.6. The summed E-state index contributed by atoms with van der Waals surface area (Å²) in [5.41, 5.74) is -0.696. The van der Waals surface area contributed by atoms with Gasteiger partial charge >= 0.3 is 5.97 Å². The second-order valence-electron chi connectivity index (χ2n) is 6.82. The zero-order valence-electron chi connectivity index (χ0n) is 13.0. The van der Waals surface area contributed by atoms with Gasteiger partial charge in [0, 0.05) is 12.6 Å². The van der Waals surface area contributed by atoms with Crippen molar-refractivity contribution < 1.29 is 9.90 Å². The number of carboxylic acid groups (broad SMARTS) is 1. The monoisotopic (exact) mass is 282 g/mol. The van der Waals surface area contributed by atoms with Crippen LogP contribution in [0.1, 0.15) is 58.3 Å².